The molecule has 0 amide bonds. The fourth-order valence-electron chi connectivity index (χ4n) is 2.97. The standard InChI is InChI=1S/C22H21ClN2O2/c1-4-27-22(26)17-6-5-7-21(13-17)25-15(2)12-18(16(25)3)14-24-20-10-8-19(23)9-11-20/h5-14H,4H2,1-3H3. The normalized spacial score (nSPS) is 11.1. The highest BCUT2D eigenvalue weighted by Crippen LogP contribution is 2.22. The number of halogens is 1. The second kappa shape index (κ2) is 8.23. The molecule has 0 fully saturated rings. The van der Waals surface area contributed by atoms with Crippen LogP contribution in [0.15, 0.2) is 59.6 Å². The molecule has 3 rings (SSSR count). The summed E-state index contributed by atoms with van der Waals surface area (Å²) in [6, 6.07) is 16.9. The lowest BCUT2D eigenvalue weighted by Gasteiger charge is -2.11. The van der Waals surface area contributed by atoms with Crippen LogP contribution in [0, 0.1) is 13.8 Å². The molecule has 0 N–H and O–H groups in total. The lowest BCUT2D eigenvalue weighted by molar-refractivity contribution is 0.0526. The predicted octanol–water partition coefficient (Wildman–Crippen LogP) is 5.67. The summed E-state index contributed by atoms with van der Waals surface area (Å²) >= 11 is 5.91. The van der Waals surface area contributed by atoms with Gasteiger partial charge in [0.2, 0.25) is 0 Å². The van der Waals surface area contributed by atoms with Crippen LogP contribution in [-0.2, 0) is 4.74 Å². The third kappa shape index (κ3) is 4.29. The quantitative estimate of drug-likeness (QED) is 0.422. The second-order valence-corrected chi connectivity index (χ2v) is 6.60. The number of hydrogen-bond donors (Lipinski definition) is 0. The Morgan fingerprint density at radius 1 is 1.15 bits per heavy atom. The van der Waals surface area contributed by atoms with E-state index in [0.29, 0.717) is 17.2 Å². The van der Waals surface area contributed by atoms with Crippen LogP contribution in [-0.4, -0.2) is 23.4 Å². The summed E-state index contributed by atoms with van der Waals surface area (Å²) in [6.45, 7) is 6.22. The Balaban J connectivity index is 1.93. The summed E-state index contributed by atoms with van der Waals surface area (Å²) in [5.74, 6) is -0.314. The Morgan fingerprint density at radius 3 is 2.59 bits per heavy atom. The van der Waals surface area contributed by atoms with Gasteiger partial charge in [0.1, 0.15) is 0 Å². The van der Waals surface area contributed by atoms with Crippen LogP contribution in [0.4, 0.5) is 5.69 Å². The Kier molecular flexibility index (Phi) is 5.77. The number of aromatic nitrogens is 1. The third-order valence-electron chi connectivity index (χ3n) is 4.27. The molecule has 1 aromatic heterocycles. The molecule has 0 aliphatic carbocycles. The Hall–Kier alpha value is -2.85. The summed E-state index contributed by atoms with van der Waals surface area (Å²) in [6.07, 6.45) is 1.84. The van der Waals surface area contributed by atoms with Crippen molar-refractivity contribution in [3.63, 3.8) is 0 Å². The molecule has 0 unspecified atom stereocenters. The highest BCUT2D eigenvalue weighted by atomic mass is 35.5. The summed E-state index contributed by atoms with van der Waals surface area (Å²) in [5, 5.41) is 0.689. The molecule has 1 heterocycles. The number of carbonyl (C=O) groups excluding carboxylic acids is 1. The van der Waals surface area contributed by atoms with Gasteiger partial charge in [-0.15, -0.1) is 0 Å². The minimum Gasteiger partial charge on any atom is -0.462 e. The minimum atomic E-state index is -0.314. The number of rotatable bonds is 5. The van der Waals surface area contributed by atoms with Crippen molar-refractivity contribution in [2.24, 2.45) is 4.99 Å². The molecule has 0 aliphatic rings. The van der Waals surface area contributed by atoms with Gasteiger partial charge in [-0.3, -0.25) is 4.99 Å². The van der Waals surface area contributed by atoms with Crippen LogP contribution in [0.5, 0.6) is 0 Å². The number of aliphatic imine (C=N–C) groups is 1. The third-order valence-corrected chi connectivity index (χ3v) is 4.52. The smallest absolute Gasteiger partial charge is 0.338 e. The van der Waals surface area contributed by atoms with E-state index in [1.807, 2.05) is 62.5 Å². The molecule has 0 radical (unpaired) electrons. The zero-order chi connectivity index (χ0) is 19.4. The number of nitrogens with zero attached hydrogens (tertiary/aromatic N) is 2. The van der Waals surface area contributed by atoms with Gasteiger partial charge in [0.05, 0.1) is 17.9 Å². The molecule has 0 saturated carbocycles. The van der Waals surface area contributed by atoms with Crippen molar-refractivity contribution >= 4 is 29.5 Å². The Labute approximate surface area is 164 Å². The van der Waals surface area contributed by atoms with Crippen molar-refractivity contribution in [2.45, 2.75) is 20.8 Å². The monoisotopic (exact) mass is 380 g/mol. The van der Waals surface area contributed by atoms with Crippen LogP contribution in [0.1, 0.15) is 34.2 Å². The fraction of sp³-hybridized carbons (Fsp3) is 0.182. The highest BCUT2D eigenvalue weighted by molar-refractivity contribution is 6.30. The topological polar surface area (TPSA) is 43.6 Å². The van der Waals surface area contributed by atoms with E-state index in [9.17, 15) is 4.79 Å². The number of carbonyl (C=O) groups is 1. The summed E-state index contributed by atoms with van der Waals surface area (Å²) in [4.78, 5) is 16.6. The zero-order valence-corrected chi connectivity index (χ0v) is 16.3. The van der Waals surface area contributed by atoms with Crippen LogP contribution in [0.3, 0.4) is 0 Å². The van der Waals surface area contributed by atoms with E-state index in [-0.39, 0.29) is 5.97 Å². The van der Waals surface area contributed by atoms with Gasteiger partial charge in [-0.2, -0.15) is 0 Å². The number of hydrogen-bond acceptors (Lipinski definition) is 3. The van der Waals surface area contributed by atoms with Crippen molar-refractivity contribution in [2.75, 3.05) is 6.61 Å². The number of ether oxygens (including phenoxy) is 1. The highest BCUT2D eigenvalue weighted by Gasteiger charge is 2.12. The van der Waals surface area contributed by atoms with E-state index < -0.39 is 0 Å². The molecule has 4 nitrogen and oxygen atoms in total. The molecule has 0 spiro atoms. The molecule has 3 aromatic rings. The van der Waals surface area contributed by atoms with Crippen LogP contribution >= 0.6 is 11.6 Å². The molecular weight excluding hydrogens is 360 g/mol. The van der Waals surface area contributed by atoms with Crippen molar-refractivity contribution < 1.29 is 9.53 Å². The van der Waals surface area contributed by atoms with E-state index in [2.05, 4.69) is 15.6 Å². The van der Waals surface area contributed by atoms with Crippen molar-refractivity contribution in [1.82, 2.24) is 4.57 Å². The lowest BCUT2D eigenvalue weighted by atomic mass is 10.2. The van der Waals surface area contributed by atoms with Crippen LogP contribution in [0.2, 0.25) is 5.02 Å². The van der Waals surface area contributed by atoms with Gasteiger partial charge in [-0.25, -0.2) is 4.79 Å². The number of benzene rings is 2. The molecule has 27 heavy (non-hydrogen) atoms. The van der Waals surface area contributed by atoms with Gasteiger partial charge in [0.15, 0.2) is 0 Å². The maximum atomic E-state index is 12.0. The maximum absolute atomic E-state index is 12.0. The van der Waals surface area contributed by atoms with E-state index in [4.69, 9.17) is 16.3 Å². The van der Waals surface area contributed by atoms with Crippen LogP contribution < -0.4 is 0 Å². The predicted molar refractivity (Wildman–Crippen MR) is 110 cm³/mol. The number of aryl methyl sites for hydroxylation is 1. The SMILES string of the molecule is CCOC(=O)c1cccc(-n2c(C)cc(C=Nc3ccc(Cl)cc3)c2C)c1. The average Bonchev–Trinajstić information content (AvgIpc) is 2.95. The molecule has 2 aromatic carbocycles. The molecule has 0 saturated heterocycles. The second-order valence-electron chi connectivity index (χ2n) is 6.17. The lowest BCUT2D eigenvalue weighted by Crippen LogP contribution is -2.06. The van der Waals surface area contributed by atoms with Gasteiger partial charge in [0, 0.05) is 33.9 Å². The fourth-order valence-corrected chi connectivity index (χ4v) is 3.10. The zero-order valence-electron chi connectivity index (χ0n) is 15.6. The van der Waals surface area contributed by atoms with Crippen molar-refractivity contribution in [1.29, 1.82) is 0 Å². The molecule has 5 heteroatoms. The first kappa shape index (κ1) is 18.9. The Bertz CT molecular complexity index is 988. The largest absolute Gasteiger partial charge is 0.462 e. The van der Waals surface area contributed by atoms with Gasteiger partial charge >= 0.3 is 5.97 Å². The molecule has 0 aliphatic heterocycles. The van der Waals surface area contributed by atoms with E-state index in [0.717, 1.165) is 28.3 Å². The Morgan fingerprint density at radius 2 is 1.89 bits per heavy atom. The van der Waals surface area contributed by atoms with Crippen LogP contribution in [0.25, 0.3) is 5.69 Å². The average molecular weight is 381 g/mol. The maximum Gasteiger partial charge on any atom is 0.338 e. The van der Waals surface area contributed by atoms with E-state index in [1.54, 1.807) is 13.0 Å². The first-order chi connectivity index (χ1) is 13.0. The van der Waals surface area contributed by atoms with Crippen molar-refractivity contribution in [3.8, 4) is 5.69 Å². The first-order valence-electron chi connectivity index (χ1n) is 8.75. The molecule has 0 bridgehead atoms. The van der Waals surface area contributed by atoms with Crippen molar-refractivity contribution in [3.05, 3.63) is 82.1 Å². The van der Waals surface area contributed by atoms with Gasteiger partial charge < -0.3 is 9.30 Å². The van der Waals surface area contributed by atoms with E-state index >= 15 is 0 Å². The summed E-state index contributed by atoms with van der Waals surface area (Å²) in [7, 11) is 0. The van der Waals surface area contributed by atoms with E-state index in [1.165, 1.54) is 0 Å². The van der Waals surface area contributed by atoms with Gasteiger partial charge in [-0.05, 0) is 69.3 Å². The minimum absolute atomic E-state index is 0.314. The molecule has 138 valence electrons. The van der Waals surface area contributed by atoms with Gasteiger partial charge in [-0.1, -0.05) is 17.7 Å². The summed E-state index contributed by atoms with van der Waals surface area (Å²) < 4.78 is 7.20. The first-order valence-corrected chi connectivity index (χ1v) is 9.13. The molecular formula is C22H21ClN2O2. The summed E-state index contributed by atoms with van der Waals surface area (Å²) in [5.41, 5.74) is 5.43. The number of esters is 1. The van der Waals surface area contributed by atoms with Gasteiger partial charge in [0.25, 0.3) is 0 Å². The molecule has 0 atom stereocenters.